The summed E-state index contributed by atoms with van der Waals surface area (Å²) in [5, 5.41) is 19.8. The quantitative estimate of drug-likeness (QED) is 0.673. The summed E-state index contributed by atoms with van der Waals surface area (Å²) in [5.74, 6) is 0.942. The molecular formula is C15H14O2S2. The van der Waals surface area contributed by atoms with Crippen LogP contribution in [-0.4, -0.2) is 10.2 Å². The first-order valence-electron chi connectivity index (χ1n) is 6.11. The maximum atomic E-state index is 9.93. The van der Waals surface area contributed by atoms with Gasteiger partial charge in [0.25, 0.3) is 0 Å². The molecule has 0 saturated carbocycles. The molecule has 3 rings (SSSR count). The van der Waals surface area contributed by atoms with Crippen molar-refractivity contribution in [2.24, 2.45) is 0 Å². The molecule has 0 atom stereocenters. The monoisotopic (exact) mass is 290 g/mol. The van der Waals surface area contributed by atoms with E-state index in [0.717, 1.165) is 20.2 Å². The second-order valence-corrected chi connectivity index (χ2v) is 6.93. The van der Waals surface area contributed by atoms with Crippen molar-refractivity contribution in [3.8, 4) is 11.5 Å². The second-order valence-electron chi connectivity index (χ2n) is 4.83. The molecule has 0 spiro atoms. The van der Waals surface area contributed by atoms with Crippen LogP contribution in [0.1, 0.15) is 25.3 Å². The first kappa shape index (κ1) is 12.8. The molecular weight excluding hydrogens is 276 g/mol. The lowest BCUT2D eigenvalue weighted by Gasteiger charge is -2.23. The summed E-state index contributed by atoms with van der Waals surface area (Å²) in [7, 11) is 0. The van der Waals surface area contributed by atoms with E-state index < -0.39 is 0 Å². The van der Waals surface area contributed by atoms with E-state index >= 15 is 0 Å². The van der Waals surface area contributed by atoms with Crippen LogP contribution in [0.4, 0.5) is 0 Å². The minimum Gasteiger partial charge on any atom is -0.508 e. The lowest BCUT2D eigenvalue weighted by molar-refractivity contribution is 0.458. The Labute approximate surface area is 120 Å². The van der Waals surface area contributed by atoms with E-state index in [9.17, 15) is 10.2 Å². The molecule has 1 heterocycles. The van der Waals surface area contributed by atoms with E-state index in [4.69, 9.17) is 0 Å². The number of phenolic OH excluding ortho intramolecular Hbond substituents is 2. The SMILES string of the molecule is CC(C)c1cc(O)cc2c1Sc1cccc(O)c1S2. The molecule has 0 fully saturated rings. The third-order valence-electron chi connectivity index (χ3n) is 3.07. The van der Waals surface area contributed by atoms with Crippen LogP contribution in [-0.2, 0) is 0 Å². The molecule has 4 heteroatoms. The molecule has 2 N–H and O–H groups in total. The van der Waals surface area contributed by atoms with Gasteiger partial charge in [0.05, 0.1) is 4.90 Å². The van der Waals surface area contributed by atoms with Gasteiger partial charge in [0.1, 0.15) is 11.5 Å². The van der Waals surface area contributed by atoms with Crippen LogP contribution in [0.15, 0.2) is 49.9 Å². The highest BCUT2D eigenvalue weighted by molar-refractivity contribution is 8.05. The van der Waals surface area contributed by atoms with Crippen LogP contribution in [0.5, 0.6) is 11.5 Å². The standard InChI is InChI=1S/C15H14O2S2/c1-8(2)10-6-9(16)7-13-14(10)18-12-5-3-4-11(17)15(12)19-13/h3-8,16-17H,1-2H3. The Bertz CT molecular complexity index is 651. The van der Waals surface area contributed by atoms with E-state index in [1.807, 2.05) is 18.2 Å². The predicted octanol–water partition coefficient (Wildman–Crippen LogP) is 4.84. The topological polar surface area (TPSA) is 40.5 Å². The normalized spacial score (nSPS) is 13.2. The summed E-state index contributed by atoms with van der Waals surface area (Å²) in [4.78, 5) is 4.16. The van der Waals surface area contributed by atoms with E-state index in [0.29, 0.717) is 11.7 Å². The zero-order valence-electron chi connectivity index (χ0n) is 10.7. The van der Waals surface area contributed by atoms with E-state index in [2.05, 4.69) is 13.8 Å². The fourth-order valence-electron chi connectivity index (χ4n) is 2.13. The third-order valence-corrected chi connectivity index (χ3v) is 5.73. The fraction of sp³-hybridized carbons (Fsp3) is 0.200. The first-order chi connectivity index (χ1) is 9.06. The Balaban J connectivity index is 2.17. The van der Waals surface area contributed by atoms with Gasteiger partial charge in [-0.3, -0.25) is 0 Å². The van der Waals surface area contributed by atoms with Gasteiger partial charge in [-0.05, 0) is 35.7 Å². The van der Waals surface area contributed by atoms with Crippen LogP contribution >= 0.6 is 23.5 Å². The van der Waals surface area contributed by atoms with Crippen molar-refractivity contribution in [2.45, 2.75) is 39.3 Å². The van der Waals surface area contributed by atoms with Crippen LogP contribution in [0.2, 0.25) is 0 Å². The number of hydrogen-bond acceptors (Lipinski definition) is 4. The van der Waals surface area contributed by atoms with Crippen molar-refractivity contribution in [3.05, 3.63) is 35.9 Å². The van der Waals surface area contributed by atoms with Gasteiger partial charge in [-0.1, -0.05) is 43.4 Å². The molecule has 98 valence electrons. The maximum Gasteiger partial charge on any atom is 0.130 e. The van der Waals surface area contributed by atoms with Crippen molar-refractivity contribution in [3.63, 3.8) is 0 Å². The second kappa shape index (κ2) is 4.69. The van der Waals surface area contributed by atoms with E-state index in [1.165, 1.54) is 16.7 Å². The number of benzene rings is 2. The molecule has 0 unspecified atom stereocenters. The molecule has 0 aliphatic carbocycles. The molecule has 2 aromatic carbocycles. The van der Waals surface area contributed by atoms with Gasteiger partial charge in [-0.15, -0.1) is 0 Å². The van der Waals surface area contributed by atoms with Crippen LogP contribution in [0.25, 0.3) is 0 Å². The molecule has 1 aliphatic heterocycles. The van der Waals surface area contributed by atoms with Crippen LogP contribution < -0.4 is 0 Å². The number of fused-ring (bicyclic) bond motifs is 2. The predicted molar refractivity (Wildman–Crippen MR) is 78.5 cm³/mol. The van der Waals surface area contributed by atoms with Gasteiger partial charge in [0.2, 0.25) is 0 Å². The van der Waals surface area contributed by atoms with E-state index in [1.54, 1.807) is 23.9 Å². The highest BCUT2D eigenvalue weighted by Crippen LogP contribution is 2.54. The molecule has 0 aromatic heterocycles. The average Bonchev–Trinajstić information content (AvgIpc) is 2.36. The van der Waals surface area contributed by atoms with Gasteiger partial charge in [-0.25, -0.2) is 0 Å². The summed E-state index contributed by atoms with van der Waals surface area (Å²) in [6.07, 6.45) is 0. The van der Waals surface area contributed by atoms with Crippen molar-refractivity contribution >= 4 is 23.5 Å². The average molecular weight is 290 g/mol. The summed E-state index contributed by atoms with van der Waals surface area (Å²) in [6.45, 7) is 4.25. The molecule has 0 bridgehead atoms. The Kier molecular flexibility index (Phi) is 3.15. The van der Waals surface area contributed by atoms with Crippen molar-refractivity contribution in [2.75, 3.05) is 0 Å². The molecule has 0 radical (unpaired) electrons. The van der Waals surface area contributed by atoms with Gasteiger partial charge in [0, 0.05) is 14.7 Å². The molecule has 0 amide bonds. The smallest absolute Gasteiger partial charge is 0.130 e. The minimum absolute atomic E-state index is 0.287. The molecule has 2 aromatic rings. The van der Waals surface area contributed by atoms with Crippen LogP contribution in [0, 0.1) is 0 Å². The highest BCUT2D eigenvalue weighted by atomic mass is 32.2. The largest absolute Gasteiger partial charge is 0.508 e. The zero-order chi connectivity index (χ0) is 13.6. The molecule has 19 heavy (non-hydrogen) atoms. The van der Waals surface area contributed by atoms with Gasteiger partial charge in [0.15, 0.2) is 0 Å². The molecule has 0 saturated heterocycles. The highest BCUT2D eigenvalue weighted by Gasteiger charge is 2.23. The van der Waals surface area contributed by atoms with Crippen LogP contribution in [0.3, 0.4) is 0 Å². The first-order valence-corrected chi connectivity index (χ1v) is 7.74. The summed E-state index contributed by atoms with van der Waals surface area (Å²) in [5.41, 5.74) is 1.15. The van der Waals surface area contributed by atoms with E-state index in [-0.39, 0.29) is 5.75 Å². The molecule has 2 nitrogen and oxygen atoms in total. The summed E-state index contributed by atoms with van der Waals surface area (Å²) >= 11 is 3.19. The lowest BCUT2D eigenvalue weighted by Crippen LogP contribution is -1.97. The maximum absolute atomic E-state index is 9.93. The number of hydrogen-bond donors (Lipinski definition) is 2. The van der Waals surface area contributed by atoms with Gasteiger partial charge < -0.3 is 10.2 Å². The minimum atomic E-state index is 0.287. The fourth-order valence-corrected chi connectivity index (χ4v) is 4.72. The van der Waals surface area contributed by atoms with Crippen molar-refractivity contribution < 1.29 is 10.2 Å². The van der Waals surface area contributed by atoms with Gasteiger partial charge >= 0.3 is 0 Å². The third kappa shape index (κ3) is 2.19. The van der Waals surface area contributed by atoms with Gasteiger partial charge in [-0.2, -0.15) is 0 Å². The zero-order valence-corrected chi connectivity index (χ0v) is 12.3. The van der Waals surface area contributed by atoms with Crippen molar-refractivity contribution in [1.29, 1.82) is 0 Å². The Morgan fingerprint density at radius 1 is 0.947 bits per heavy atom. The Morgan fingerprint density at radius 3 is 2.42 bits per heavy atom. The summed E-state index contributed by atoms with van der Waals surface area (Å²) < 4.78 is 0. The Hall–Kier alpha value is -1.26. The Morgan fingerprint density at radius 2 is 1.68 bits per heavy atom. The number of rotatable bonds is 1. The number of aromatic hydroxyl groups is 2. The van der Waals surface area contributed by atoms with Crippen molar-refractivity contribution in [1.82, 2.24) is 0 Å². The molecule has 1 aliphatic rings. The summed E-state index contributed by atoms with van der Waals surface area (Å²) in [6, 6.07) is 9.19. The lowest BCUT2D eigenvalue weighted by atomic mass is 10.0. The number of phenols is 2.